The van der Waals surface area contributed by atoms with Gasteiger partial charge in [0.25, 0.3) is 0 Å². The number of hydrogen-bond donors (Lipinski definition) is 1. The lowest BCUT2D eigenvalue weighted by molar-refractivity contribution is -0.0197. The van der Waals surface area contributed by atoms with E-state index in [1.165, 1.54) is 37.8 Å². The van der Waals surface area contributed by atoms with E-state index in [4.69, 9.17) is 0 Å². The molecule has 0 radical (unpaired) electrons. The first-order valence-electron chi connectivity index (χ1n) is 7.41. The maximum Gasteiger partial charge on any atom is 0.123 e. The van der Waals surface area contributed by atoms with Crippen LogP contribution in [0.15, 0.2) is 24.3 Å². The van der Waals surface area contributed by atoms with Crippen LogP contribution in [0.3, 0.4) is 0 Å². The van der Waals surface area contributed by atoms with Crippen molar-refractivity contribution >= 4 is 0 Å². The number of rotatable bonds is 3. The molecule has 2 aliphatic rings. The summed E-state index contributed by atoms with van der Waals surface area (Å²) in [5.74, 6) is -0.258. The number of halogens is 1. The van der Waals surface area contributed by atoms with Gasteiger partial charge in [0.2, 0.25) is 0 Å². The molecular weight excluding hydrogens is 241 g/mol. The van der Waals surface area contributed by atoms with Gasteiger partial charge in [-0.1, -0.05) is 25.0 Å². The van der Waals surface area contributed by atoms with E-state index < -0.39 is 6.10 Å². The SMILES string of the molecule is OC(c1cccc(F)c1)C1(N2CCCC2)CCCC1. The van der Waals surface area contributed by atoms with Crippen molar-refractivity contribution in [1.82, 2.24) is 4.90 Å². The van der Waals surface area contributed by atoms with Gasteiger partial charge in [0.05, 0.1) is 11.6 Å². The molecule has 2 fully saturated rings. The van der Waals surface area contributed by atoms with Crippen LogP contribution in [0.5, 0.6) is 0 Å². The van der Waals surface area contributed by atoms with Crippen molar-refractivity contribution in [3.05, 3.63) is 35.6 Å². The topological polar surface area (TPSA) is 23.5 Å². The van der Waals surface area contributed by atoms with Crippen LogP contribution in [0.4, 0.5) is 4.39 Å². The molecular formula is C16H22FNO. The van der Waals surface area contributed by atoms with Crippen LogP contribution in [-0.2, 0) is 0 Å². The van der Waals surface area contributed by atoms with Crippen molar-refractivity contribution < 1.29 is 9.50 Å². The lowest BCUT2D eigenvalue weighted by Crippen LogP contribution is -2.49. The fourth-order valence-electron chi connectivity index (χ4n) is 3.90. The molecule has 1 aliphatic carbocycles. The minimum Gasteiger partial charge on any atom is -0.386 e. The van der Waals surface area contributed by atoms with E-state index in [1.54, 1.807) is 6.07 Å². The Bertz CT molecular complexity index is 436. The van der Waals surface area contributed by atoms with Crippen LogP contribution in [0.25, 0.3) is 0 Å². The summed E-state index contributed by atoms with van der Waals surface area (Å²) in [5.41, 5.74) is 0.582. The summed E-state index contributed by atoms with van der Waals surface area (Å²) < 4.78 is 13.4. The van der Waals surface area contributed by atoms with Crippen LogP contribution in [-0.4, -0.2) is 28.6 Å². The molecule has 1 unspecified atom stereocenters. The number of aliphatic hydroxyl groups is 1. The normalized spacial score (nSPS) is 24.7. The monoisotopic (exact) mass is 263 g/mol. The van der Waals surface area contributed by atoms with Crippen molar-refractivity contribution in [3.63, 3.8) is 0 Å². The average molecular weight is 263 g/mol. The fraction of sp³-hybridized carbons (Fsp3) is 0.625. The third-order valence-electron chi connectivity index (χ3n) is 4.88. The van der Waals surface area contributed by atoms with Gasteiger partial charge in [0.1, 0.15) is 5.82 Å². The van der Waals surface area contributed by atoms with E-state index >= 15 is 0 Å². The van der Waals surface area contributed by atoms with Gasteiger partial charge in [0, 0.05) is 0 Å². The Morgan fingerprint density at radius 2 is 1.79 bits per heavy atom. The molecule has 104 valence electrons. The maximum atomic E-state index is 13.4. The van der Waals surface area contributed by atoms with E-state index in [0.29, 0.717) is 0 Å². The second kappa shape index (κ2) is 5.22. The first-order valence-corrected chi connectivity index (χ1v) is 7.41. The number of aliphatic hydroxyl groups excluding tert-OH is 1. The summed E-state index contributed by atoms with van der Waals surface area (Å²) in [7, 11) is 0. The molecule has 0 spiro atoms. The summed E-state index contributed by atoms with van der Waals surface area (Å²) in [6.07, 6.45) is 6.28. The van der Waals surface area contributed by atoms with Gasteiger partial charge in [0.15, 0.2) is 0 Å². The maximum absolute atomic E-state index is 13.4. The number of hydrogen-bond acceptors (Lipinski definition) is 2. The zero-order chi connectivity index (χ0) is 13.3. The van der Waals surface area contributed by atoms with Gasteiger partial charge in [-0.15, -0.1) is 0 Å². The average Bonchev–Trinajstić information content (AvgIpc) is 3.09. The number of benzene rings is 1. The molecule has 1 aliphatic heterocycles. The molecule has 1 atom stereocenters. The smallest absolute Gasteiger partial charge is 0.123 e. The molecule has 1 N–H and O–H groups in total. The van der Waals surface area contributed by atoms with E-state index in [-0.39, 0.29) is 11.4 Å². The minimum atomic E-state index is -0.566. The van der Waals surface area contributed by atoms with Gasteiger partial charge < -0.3 is 5.11 Å². The lowest BCUT2D eigenvalue weighted by atomic mass is 9.84. The van der Waals surface area contributed by atoms with Crippen LogP contribution in [0, 0.1) is 5.82 Å². The zero-order valence-electron chi connectivity index (χ0n) is 11.3. The predicted molar refractivity (Wildman–Crippen MR) is 73.4 cm³/mol. The molecule has 0 aromatic heterocycles. The highest BCUT2D eigenvalue weighted by Crippen LogP contribution is 2.45. The van der Waals surface area contributed by atoms with Crippen molar-refractivity contribution in [2.45, 2.75) is 50.2 Å². The minimum absolute atomic E-state index is 0.149. The van der Waals surface area contributed by atoms with Crippen molar-refractivity contribution in [2.24, 2.45) is 0 Å². The quantitative estimate of drug-likeness (QED) is 0.904. The second-order valence-electron chi connectivity index (χ2n) is 5.96. The zero-order valence-corrected chi connectivity index (χ0v) is 11.3. The first kappa shape index (κ1) is 13.1. The Balaban J connectivity index is 1.91. The Labute approximate surface area is 114 Å². The Morgan fingerprint density at radius 1 is 1.11 bits per heavy atom. The molecule has 1 saturated carbocycles. The highest BCUT2D eigenvalue weighted by Gasteiger charge is 2.46. The second-order valence-corrected chi connectivity index (χ2v) is 5.96. The summed E-state index contributed by atoms with van der Waals surface area (Å²) in [4.78, 5) is 2.45. The van der Waals surface area contributed by atoms with E-state index in [9.17, 15) is 9.50 Å². The fourth-order valence-corrected chi connectivity index (χ4v) is 3.90. The Kier molecular flexibility index (Phi) is 3.59. The molecule has 3 heteroatoms. The molecule has 19 heavy (non-hydrogen) atoms. The first-order chi connectivity index (χ1) is 9.22. The number of likely N-dealkylation sites (tertiary alicyclic amines) is 1. The number of nitrogens with zero attached hydrogens (tertiary/aromatic N) is 1. The molecule has 1 heterocycles. The third kappa shape index (κ3) is 2.30. The lowest BCUT2D eigenvalue weighted by Gasteiger charge is -2.42. The van der Waals surface area contributed by atoms with Gasteiger partial charge in [-0.05, 0) is 56.5 Å². The Morgan fingerprint density at radius 3 is 2.42 bits per heavy atom. The van der Waals surface area contributed by atoms with Crippen molar-refractivity contribution in [1.29, 1.82) is 0 Å². The summed E-state index contributed by atoms with van der Waals surface area (Å²) in [6.45, 7) is 2.15. The van der Waals surface area contributed by atoms with Gasteiger partial charge in [-0.25, -0.2) is 4.39 Å². The predicted octanol–water partition coefficient (Wildman–Crippen LogP) is 3.27. The summed E-state index contributed by atoms with van der Waals surface area (Å²) in [5, 5.41) is 10.8. The Hall–Kier alpha value is -0.930. The van der Waals surface area contributed by atoms with E-state index in [1.807, 2.05) is 6.07 Å². The van der Waals surface area contributed by atoms with E-state index in [2.05, 4.69) is 4.90 Å². The molecule has 0 amide bonds. The highest BCUT2D eigenvalue weighted by molar-refractivity contribution is 5.23. The third-order valence-corrected chi connectivity index (χ3v) is 4.88. The van der Waals surface area contributed by atoms with Gasteiger partial charge in [-0.2, -0.15) is 0 Å². The highest BCUT2D eigenvalue weighted by atomic mass is 19.1. The van der Waals surface area contributed by atoms with Crippen LogP contribution >= 0.6 is 0 Å². The van der Waals surface area contributed by atoms with Gasteiger partial charge >= 0.3 is 0 Å². The molecule has 1 saturated heterocycles. The standard InChI is InChI=1S/C16H22FNO/c17-14-7-5-6-13(12-14)15(19)16(8-1-2-9-16)18-10-3-4-11-18/h5-7,12,15,19H,1-4,8-11H2. The molecule has 1 aromatic rings. The van der Waals surface area contributed by atoms with Crippen LogP contribution in [0.1, 0.15) is 50.2 Å². The summed E-state index contributed by atoms with van der Waals surface area (Å²) in [6, 6.07) is 6.47. The molecule has 1 aromatic carbocycles. The summed E-state index contributed by atoms with van der Waals surface area (Å²) >= 11 is 0. The van der Waals surface area contributed by atoms with E-state index in [0.717, 1.165) is 31.5 Å². The molecule has 0 bridgehead atoms. The van der Waals surface area contributed by atoms with Gasteiger partial charge in [-0.3, -0.25) is 4.90 Å². The molecule has 2 nitrogen and oxygen atoms in total. The molecule has 3 rings (SSSR count). The van der Waals surface area contributed by atoms with Crippen LogP contribution in [0.2, 0.25) is 0 Å². The van der Waals surface area contributed by atoms with Crippen LogP contribution < -0.4 is 0 Å². The van der Waals surface area contributed by atoms with Crippen molar-refractivity contribution in [2.75, 3.05) is 13.1 Å². The largest absolute Gasteiger partial charge is 0.386 e. The van der Waals surface area contributed by atoms with Crippen molar-refractivity contribution in [3.8, 4) is 0 Å².